The molecule has 0 aliphatic carbocycles. The number of aryl methyl sites for hydroxylation is 1. The number of nitrogens with one attached hydrogen (secondary N) is 2. The number of nitro groups is 1. The summed E-state index contributed by atoms with van der Waals surface area (Å²) >= 11 is 1.58. The standard InChI is InChI=1S/C14H15N3O3S/c1-9-6-7-10(21-9)8-16-14(18)11-4-3-5-12(15-2)13(11)17(19)20/h3-7,15H,8H2,1-2H3,(H,16,18). The second kappa shape index (κ2) is 6.36. The van der Waals surface area contributed by atoms with Crippen LogP contribution in [-0.2, 0) is 6.54 Å². The second-order valence-electron chi connectivity index (χ2n) is 4.40. The fourth-order valence-corrected chi connectivity index (χ4v) is 2.80. The highest BCUT2D eigenvalue weighted by molar-refractivity contribution is 7.11. The van der Waals surface area contributed by atoms with E-state index in [0.29, 0.717) is 12.2 Å². The third-order valence-electron chi connectivity index (χ3n) is 2.95. The average molecular weight is 305 g/mol. The van der Waals surface area contributed by atoms with Gasteiger partial charge < -0.3 is 10.6 Å². The largest absolute Gasteiger partial charge is 0.383 e. The first kappa shape index (κ1) is 15.0. The van der Waals surface area contributed by atoms with Crippen LogP contribution in [0.15, 0.2) is 30.3 Å². The van der Waals surface area contributed by atoms with Crippen molar-refractivity contribution < 1.29 is 9.72 Å². The zero-order valence-electron chi connectivity index (χ0n) is 11.7. The molecule has 7 heteroatoms. The Hall–Kier alpha value is -2.41. The Morgan fingerprint density at radius 1 is 1.33 bits per heavy atom. The summed E-state index contributed by atoms with van der Waals surface area (Å²) in [6.07, 6.45) is 0. The lowest BCUT2D eigenvalue weighted by Gasteiger charge is -2.08. The smallest absolute Gasteiger partial charge is 0.305 e. The van der Waals surface area contributed by atoms with Gasteiger partial charge in [-0.1, -0.05) is 6.07 Å². The van der Waals surface area contributed by atoms with E-state index in [2.05, 4.69) is 10.6 Å². The number of benzene rings is 1. The van der Waals surface area contributed by atoms with Crippen molar-refractivity contribution in [1.82, 2.24) is 5.32 Å². The lowest BCUT2D eigenvalue weighted by Crippen LogP contribution is -2.23. The second-order valence-corrected chi connectivity index (χ2v) is 5.78. The molecule has 2 aromatic rings. The van der Waals surface area contributed by atoms with E-state index < -0.39 is 10.8 Å². The van der Waals surface area contributed by atoms with Crippen molar-refractivity contribution in [3.8, 4) is 0 Å². The molecule has 1 aromatic carbocycles. The van der Waals surface area contributed by atoms with Crippen LogP contribution in [0.5, 0.6) is 0 Å². The van der Waals surface area contributed by atoms with Crippen LogP contribution in [-0.4, -0.2) is 17.9 Å². The Labute approximate surface area is 126 Å². The van der Waals surface area contributed by atoms with E-state index in [-0.39, 0.29) is 11.3 Å². The highest BCUT2D eigenvalue weighted by Crippen LogP contribution is 2.28. The number of anilines is 1. The summed E-state index contributed by atoms with van der Waals surface area (Å²) in [5, 5.41) is 16.6. The van der Waals surface area contributed by atoms with Crippen molar-refractivity contribution in [2.75, 3.05) is 12.4 Å². The van der Waals surface area contributed by atoms with E-state index in [4.69, 9.17) is 0 Å². The molecule has 1 heterocycles. The minimum atomic E-state index is -0.546. The van der Waals surface area contributed by atoms with Crippen LogP contribution >= 0.6 is 11.3 Å². The molecule has 0 aliphatic heterocycles. The maximum Gasteiger partial charge on any atom is 0.305 e. The van der Waals surface area contributed by atoms with Gasteiger partial charge in [-0.2, -0.15) is 0 Å². The molecule has 110 valence electrons. The van der Waals surface area contributed by atoms with Crippen LogP contribution in [0.2, 0.25) is 0 Å². The molecule has 2 rings (SSSR count). The predicted octanol–water partition coefficient (Wildman–Crippen LogP) is 2.94. The number of para-hydroxylation sites is 1. The Morgan fingerprint density at radius 2 is 2.10 bits per heavy atom. The van der Waals surface area contributed by atoms with Gasteiger partial charge in [0.25, 0.3) is 5.91 Å². The molecule has 2 N–H and O–H groups in total. The van der Waals surface area contributed by atoms with E-state index in [1.165, 1.54) is 6.07 Å². The maximum atomic E-state index is 12.2. The highest BCUT2D eigenvalue weighted by Gasteiger charge is 2.23. The number of amides is 1. The summed E-state index contributed by atoms with van der Waals surface area (Å²) in [5.41, 5.74) is 0.166. The number of hydrogen-bond acceptors (Lipinski definition) is 5. The van der Waals surface area contributed by atoms with Crippen LogP contribution in [0.1, 0.15) is 20.1 Å². The number of thiophene rings is 1. The molecule has 0 atom stereocenters. The summed E-state index contributed by atoms with van der Waals surface area (Å²) in [7, 11) is 1.58. The van der Waals surface area contributed by atoms with Crippen molar-refractivity contribution >= 4 is 28.6 Å². The molecule has 0 saturated carbocycles. The topological polar surface area (TPSA) is 84.3 Å². The van der Waals surface area contributed by atoms with Gasteiger partial charge in [-0.05, 0) is 31.2 Å². The van der Waals surface area contributed by atoms with Gasteiger partial charge in [0, 0.05) is 16.8 Å². The van der Waals surface area contributed by atoms with Crippen LogP contribution in [0.25, 0.3) is 0 Å². The predicted molar refractivity (Wildman–Crippen MR) is 82.9 cm³/mol. The zero-order valence-corrected chi connectivity index (χ0v) is 12.5. The Balaban J connectivity index is 2.20. The molecular formula is C14H15N3O3S. The van der Waals surface area contributed by atoms with Gasteiger partial charge in [-0.25, -0.2) is 0 Å². The molecule has 21 heavy (non-hydrogen) atoms. The first-order chi connectivity index (χ1) is 10.0. The summed E-state index contributed by atoms with van der Waals surface area (Å²) in [5.74, 6) is -0.454. The SMILES string of the molecule is CNc1cccc(C(=O)NCc2ccc(C)s2)c1[N+](=O)[O-]. The van der Waals surface area contributed by atoms with Gasteiger partial charge in [0.2, 0.25) is 0 Å². The van der Waals surface area contributed by atoms with E-state index >= 15 is 0 Å². The molecule has 6 nitrogen and oxygen atoms in total. The molecule has 0 saturated heterocycles. The van der Waals surface area contributed by atoms with Crippen LogP contribution < -0.4 is 10.6 Å². The summed E-state index contributed by atoms with van der Waals surface area (Å²) in [4.78, 5) is 25.0. The van der Waals surface area contributed by atoms with Gasteiger partial charge in [-0.3, -0.25) is 14.9 Å². The number of carbonyl (C=O) groups is 1. The fraction of sp³-hybridized carbons (Fsp3) is 0.214. The number of rotatable bonds is 5. The third kappa shape index (κ3) is 3.38. The Bertz CT molecular complexity index is 682. The van der Waals surface area contributed by atoms with Crippen molar-refractivity contribution in [2.45, 2.75) is 13.5 Å². The molecule has 0 fully saturated rings. The highest BCUT2D eigenvalue weighted by atomic mass is 32.1. The maximum absolute atomic E-state index is 12.2. The van der Waals surface area contributed by atoms with Crippen molar-refractivity contribution in [2.24, 2.45) is 0 Å². The van der Waals surface area contributed by atoms with E-state index in [0.717, 1.165) is 9.75 Å². The van der Waals surface area contributed by atoms with Crippen LogP contribution in [0.4, 0.5) is 11.4 Å². The zero-order chi connectivity index (χ0) is 15.4. The van der Waals surface area contributed by atoms with Gasteiger partial charge in [0.15, 0.2) is 0 Å². The lowest BCUT2D eigenvalue weighted by atomic mass is 10.1. The molecule has 0 unspecified atom stereocenters. The number of carbonyl (C=O) groups excluding carboxylic acids is 1. The van der Waals surface area contributed by atoms with Crippen molar-refractivity contribution in [3.63, 3.8) is 0 Å². The monoisotopic (exact) mass is 305 g/mol. The minimum Gasteiger partial charge on any atom is -0.383 e. The van der Waals surface area contributed by atoms with E-state index in [9.17, 15) is 14.9 Å². The van der Waals surface area contributed by atoms with Crippen molar-refractivity contribution in [1.29, 1.82) is 0 Å². The lowest BCUT2D eigenvalue weighted by molar-refractivity contribution is -0.384. The molecule has 0 spiro atoms. The first-order valence-electron chi connectivity index (χ1n) is 6.31. The molecular weight excluding hydrogens is 290 g/mol. The molecule has 0 bridgehead atoms. The molecule has 0 radical (unpaired) electrons. The van der Waals surface area contributed by atoms with Crippen LogP contribution in [0, 0.1) is 17.0 Å². The van der Waals surface area contributed by atoms with E-state index in [1.807, 2.05) is 19.1 Å². The number of hydrogen-bond donors (Lipinski definition) is 2. The quantitative estimate of drug-likeness (QED) is 0.657. The number of nitro benzene ring substituents is 1. The van der Waals surface area contributed by atoms with Gasteiger partial charge in [-0.15, -0.1) is 11.3 Å². The third-order valence-corrected chi connectivity index (χ3v) is 3.95. The van der Waals surface area contributed by atoms with Gasteiger partial charge >= 0.3 is 5.69 Å². The fourth-order valence-electron chi connectivity index (χ4n) is 1.97. The summed E-state index contributed by atoms with van der Waals surface area (Å²) in [6, 6.07) is 8.53. The van der Waals surface area contributed by atoms with Gasteiger partial charge in [0.05, 0.1) is 11.5 Å². The normalized spacial score (nSPS) is 10.2. The molecule has 1 aromatic heterocycles. The summed E-state index contributed by atoms with van der Waals surface area (Å²) in [6.45, 7) is 2.34. The Morgan fingerprint density at radius 3 is 2.67 bits per heavy atom. The van der Waals surface area contributed by atoms with Gasteiger partial charge in [0.1, 0.15) is 11.3 Å². The molecule has 1 amide bonds. The van der Waals surface area contributed by atoms with E-state index in [1.54, 1.807) is 30.5 Å². The number of nitrogens with zero attached hydrogens (tertiary/aromatic N) is 1. The van der Waals surface area contributed by atoms with Crippen molar-refractivity contribution in [3.05, 3.63) is 55.8 Å². The Kier molecular flexibility index (Phi) is 4.54. The first-order valence-corrected chi connectivity index (χ1v) is 7.13. The van der Waals surface area contributed by atoms with Crippen LogP contribution in [0.3, 0.4) is 0 Å². The molecule has 0 aliphatic rings. The summed E-state index contributed by atoms with van der Waals surface area (Å²) < 4.78 is 0. The average Bonchev–Trinajstić information content (AvgIpc) is 2.89. The minimum absolute atomic E-state index is 0.0557.